The quantitative estimate of drug-likeness (QED) is 0.466. The lowest BCUT2D eigenvalue weighted by Crippen LogP contribution is -2.46. The second-order valence-electron chi connectivity index (χ2n) is 8.87. The van der Waals surface area contributed by atoms with E-state index in [-0.39, 0.29) is 18.3 Å². The van der Waals surface area contributed by atoms with Crippen LogP contribution in [0.2, 0.25) is 0 Å². The molecule has 4 rings (SSSR count). The van der Waals surface area contributed by atoms with Gasteiger partial charge in [-0.2, -0.15) is 9.78 Å². The highest BCUT2D eigenvalue weighted by atomic mass is 16.2. The molecule has 0 unspecified atom stereocenters. The SMILES string of the molecule is Cc1ccc(Cn2c(=O)c(C(=O)N[C@@H](C)c3ccccc3)nn(-c3cc(C)cc(C)c3)c2=O)cc1. The first kappa shape index (κ1) is 23.9. The molecule has 0 saturated carbocycles. The number of hydrogen-bond acceptors (Lipinski definition) is 4. The first-order valence-electron chi connectivity index (χ1n) is 11.5. The van der Waals surface area contributed by atoms with Crippen LogP contribution in [-0.2, 0) is 6.54 Å². The molecule has 7 heteroatoms. The lowest BCUT2D eigenvalue weighted by Gasteiger charge is -2.16. The maximum Gasteiger partial charge on any atom is 0.352 e. The van der Waals surface area contributed by atoms with Crippen LogP contribution < -0.4 is 16.6 Å². The zero-order valence-electron chi connectivity index (χ0n) is 20.3. The molecule has 0 aliphatic heterocycles. The van der Waals surface area contributed by atoms with Crippen molar-refractivity contribution in [3.8, 4) is 5.69 Å². The van der Waals surface area contributed by atoms with Crippen LogP contribution >= 0.6 is 0 Å². The number of nitrogens with one attached hydrogen (secondary N) is 1. The zero-order chi connectivity index (χ0) is 25.1. The molecular weight excluding hydrogens is 440 g/mol. The fourth-order valence-corrected chi connectivity index (χ4v) is 4.00. The van der Waals surface area contributed by atoms with Crippen LogP contribution in [0.5, 0.6) is 0 Å². The van der Waals surface area contributed by atoms with Crippen molar-refractivity contribution in [2.45, 2.75) is 40.3 Å². The van der Waals surface area contributed by atoms with Gasteiger partial charge < -0.3 is 5.32 Å². The lowest BCUT2D eigenvalue weighted by molar-refractivity contribution is 0.0930. The van der Waals surface area contributed by atoms with Crippen molar-refractivity contribution in [3.05, 3.63) is 127 Å². The number of amides is 1. The van der Waals surface area contributed by atoms with Crippen molar-refractivity contribution < 1.29 is 4.79 Å². The number of aromatic nitrogens is 3. The van der Waals surface area contributed by atoms with Gasteiger partial charge in [-0.3, -0.25) is 14.2 Å². The smallest absolute Gasteiger partial charge is 0.344 e. The molecule has 1 N–H and O–H groups in total. The summed E-state index contributed by atoms with van der Waals surface area (Å²) in [5.74, 6) is -0.637. The average Bonchev–Trinajstić information content (AvgIpc) is 2.83. The average molecular weight is 469 g/mol. The number of rotatable bonds is 6. The molecule has 3 aromatic carbocycles. The summed E-state index contributed by atoms with van der Waals surface area (Å²) in [6.45, 7) is 7.65. The van der Waals surface area contributed by atoms with E-state index in [9.17, 15) is 14.4 Å². The summed E-state index contributed by atoms with van der Waals surface area (Å²) in [5.41, 5.74) is 3.44. The van der Waals surface area contributed by atoms with E-state index < -0.39 is 17.2 Å². The maximum atomic E-state index is 13.4. The van der Waals surface area contributed by atoms with Gasteiger partial charge in [0, 0.05) is 0 Å². The number of carbonyl (C=O) groups excluding carboxylic acids is 1. The predicted octanol–water partition coefficient (Wildman–Crippen LogP) is 3.86. The number of carbonyl (C=O) groups is 1. The molecule has 35 heavy (non-hydrogen) atoms. The van der Waals surface area contributed by atoms with Crippen LogP contribution in [0.4, 0.5) is 0 Å². The minimum Gasteiger partial charge on any atom is -0.344 e. The second kappa shape index (κ2) is 9.93. The van der Waals surface area contributed by atoms with Crippen molar-refractivity contribution in [1.29, 1.82) is 0 Å². The van der Waals surface area contributed by atoms with Crippen LogP contribution in [-0.4, -0.2) is 20.3 Å². The molecule has 178 valence electrons. The minimum absolute atomic E-state index is 0.0276. The largest absolute Gasteiger partial charge is 0.352 e. The summed E-state index contributed by atoms with van der Waals surface area (Å²) in [6.07, 6.45) is 0. The van der Waals surface area contributed by atoms with Gasteiger partial charge in [-0.15, -0.1) is 0 Å². The minimum atomic E-state index is -0.728. The molecule has 1 aromatic heterocycles. The summed E-state index contributed by atoms with van der Waals surface area (Å²) in [4.78, 5) is 40.0. The van der Waals surface area contributed by atoms with E-state index in [0.29, 0.717) is 5.69 Å². The van der Waals surface area contributed by atoms with E-state index in [1.807, 2.05) is 88.4 Å². The third-order valence-electron chi connectivity index (χ3n) is 5.83. The summed E-state index contributed by atoms with van der Waals surface area (Å²) < 4.78 is 2.20. The number of hydrogen-bond donors (Lipinski definition) is 1. The Morgan fingerprint density at radius 2 is 1.51 bits per heavy atom. The monoisotopic (exact) mass is 468 g/mol. The van der Waals surface area contributed by atoms with Crippen molar-refractivity contribution in [3.63, 3.8) is 0 Å². The first-order valence-corrected chi connectivity index (χ1v) is 11.5. The van der Waals surface area contributed by atoms with E-state index in [1.165, 1.54) is 0 Å². The third kappa shape index (κ3) is 5.30. The molecular formula is C28H28N4O3. The summed E-state index contributed by atoms with van der Waals surface area (Å²) in [5, 5.41) is 7.09. The van der Waals surface area contributed by atoms with Gasteiger partial charge in [-0.1, -0.05) is 66.2 Å². The van der Waals surface area contributed by atoms with Crippen molar-refractivity contribution in [2.24, 2.45) is 0 Å². The van der Waals surface area contributed by atoms with Crippen LogP contribution in [0.3, 0.4) is 0 Å². The molecule has 7 nitrogen and oxygen atoms in total. The molecule has 0 aliphatic carbocycles. The maximum absolute atomic E-state index is 13.4. The van der Waals surface area contributed by atoms with Crippen LogP contribution in [0.1, 0.15) is 51.3 Å². The number of benzene rings is 3. The Kier molecular flexibility index (Phi) is 6.78. The van der Waals surface area contributed by atoms with E-state index in [2.05, 4.69) is 10.4 Å². The van der Waals surface area contributed by atoms with Gasteiger partial charge in [0.25, 0.3) is 11.5 Å². The topological polar surface area (TPSA) is 86.0 Å². The Morgan fingerprint density at radius 3 is 2.14 bits per heavy atom. The van der Waals surface area contributed by atoms with Crippen LogP contribution in [0.15, 0.2) is 82.4 Å². The normalized spacial score (nSPS) is 11.8. The fraction of sp³-hybridized carbons (Fsp3) is 0.214. The molecule has 1 atom stereocenters. The van der Waals surface area contributed by atoms with Gasteiger partial charge in [-0.05, 0) is 62.1 Å². The first-order chi connectivity index (χ1) is 16.7. The van der Waals surface area contributed by atoms with E-state index in [4.69, 9.17) is 0 Å². The molecule has 0 saturated heterocycles. The molecule has 0 aliphatic rings. The Hall–Kier alpha value is -4.26. The summed E-state index contributed by atoms with van der Waals surface area (Å²) in [6, 6.07) is 22.2. The lowest BCUT2D eigenvalue weighted by atomic mass is 10.1. The van der Waals surface area contributed by atoms with Crippen LogP contribution in [0.25, 0.3) is 5.69 Å². The molecule has 4 aromatic rings. The van der Waals surface area contributed by atoms with Crippen LogP contribution in [0, 0.1) is 20.8 Å². The predicted molar refractivity (Wildman–Crippen MR) is 136 cm³/mol. The second-order valence-corrected chi connectivity index (χ2v) is 8.87. The molecule has 0 fully saturated rings. The molecule has 0 bridgehead atoms. The molecule has 1 amide bonds. The summed E-state index contributed by atoms with van der Waals surface area (Å²) >= 11 is 0. The van der Waals surface area contributed by atoms with Crippen molar-refractivity contribution in [2.75, 3.05) is 0 Å². The number of aryl methyl sites for hydroxylation is 3. The summed E-state index contributed by atoms with van der Waals surface area (Å²) in [7, 11) is 0. The molecule has 0 spiro atoms. The van der Waals surface area contributed by atoms with Gasteiger partial charge in [-0.25, -0.2) is 4.79 Å². The van der Waals surface area contributed by atoms with E-state index in [1.54, 1.807) is 12.1 Å². The van der Waals surface area contributed by atoms with E-state index in [0.717, 1.165) is 37.1 Å². The highest BCUT2D eigenvalue weighted by Gasteiger charge is 2.22. The van der Waals surface area contributed by atoms with E-state index >= 15 is 0 Å². The molecule has 0 radical (unpaired) electrons. The Balaban J connectivity index is 1.83. The third-order valence-corrected chi connectivity index (χ3v) is 5.83. The van der Waals surface area contributed by atoms with Gasteiger partial charge in [0.15, 0.2) is 0 Å². The van der Waals surface area contributed by atoms with Crippen molar-refractivity contribution in [1.82, 2.24) is 19.7 Å². The zero-order valence-corrected chi connectivity index (χ0v) is 20.3. The Morgan fingerprint density at radius 1 is 0.886 bits per heavy atom. The number of nitrogens with zero attached hydrogens (tertiary/aromatic N) is 3. The van der Waals surface area contributed by atoms with Gasteiger partial charge >= 0.3 is 5.69 Å². The van der Waals surface area contributed by atoms with Crippen molar-refractivity contribution >= 4 is 5.91 Å². The fourth-order valence-electron chi connectivity index (χ4n) is 4.00. The Labute approximate surface area is 203 Å². The van der Waals surface area contributed by atoms with Gasteiger partial charge in [0.1, 0.15) is 0 Å². The highest BCUT2D eigenvalue weighted by Crippen LogP contribution is 2.13. The molecule has 1 heterocycles. The Bertz CT molecular complexity index is 1470. The standard InChI is InChI=1S/C28H28N4O3/c1-18-10-12-22(13-11-18)17-31-27(34)25(26(33)29-21(4)23-8-6-5-7-9-23)30-32(28(31)35)24-15-19(2)14-20(3)16-24/h5-16,21H,17H2,1-4H3,(H,29,33)/t21-/m0/s1. The van der Waals surface area contributed by atoms with Gasteiger partial charge in [0.2, 0.25) is 5.69 Å². The van der Waals surface area contributed by atoms with Gasteiger partial charge in [0.05, 0.1) is 18.3 Å². The highest BCUT2D eigenvalue weighted by molar-refractivity contribution is 5.92.